The number of aromatic nitrogens is 2. The highest BCUT2D eigenvalue weighted by atomic mass is 35.5. The van der Waals surface area contributed by atoms with Gasteiger partial charge in [-0.3, -0.25) is 4.79 Å². The molecular formula is C22H20ClN3O3. The first-order valence-electron chi connectivity index (χ1n) is 9.35. The van der Waals surface area contributed by atoms with Crippen molar-refractivity contribution in [1.29, 1.82) is 0 Å². The summed E-state index contributed by atoms with van der Waals surface area (Å²) < 4.78 is 6.79. The molecule has 0 saturated carbocycles. The Balaban J connectivity index is 1.50. The Morgan fingerprint density at radius 3 is 2.59 bits per heavy atom. The van der Waals surface area contributed by atoms with Crippen LogP contribution in [0.25, 0.3) is 5.69 Å². The molecular weight excluding hydrogens is 390 g/mol. The van der Waals surface area contributed by atoms with Gasteiger partial charge in [-0.05, 0) is 44.0 Å². The molecule has 4 rings (SSSR count). The van der Waals surface area contributed by atoms with E-state index in [1.165, 1.54) is 4.68 Å². The number of carbonyl (C=O) groups is 2. The van der Waals surface area contributed by atoms with E-state index in [0.29, 0.717) is 5.69 Å². The van der Waals surface area contributed by atoms with E-state index in [4.69, 9.17) is 16.3 Å². The number of rotatable bonds is 4. The number of halogens is 1. The summed E-state index contributed by atoms with van der Waals surface area (Å²) in [7, 11) is 0. The summed E-state index contributed by atoms with van der Waals surface area (Å²) in [6.45, 7) is 3.30. The summed E-state index contributed by atoms with van der Waals surface area (Å²) in [5.41, 5.74) is 3.32. The predicted molar refractivity (Wildman–Crippen MR) is 111 cm³/mol. The maximum absolute atomic E-state index is 12.7. The number of nitrogens with zero attached hydrogens (tertiary/aromatic N) is 3. The third kappa shape index (κ3) is 3.51. The summed E-state index contributed by atoms with van der Waals surface area (Å²) in [4.78, 5) is 27.1. The number of esters is 1. The van der Waals surface area contributed by atoms with Crippen LogP contribution < -0.4 is 4.90 Å². The average molecular weight is 410 g/mol. The van der Waals surface area contributed by atoms with Crippen molar-refractivity contribution in [3.63, 3.8) is 0 Å². The Morgan fingerprint density at radius 1 is 1.14 bits per heavy atom. The minimum absolute atomic E-state index is 0.0183. The van der Waals surface area contributed by atoms with Gasteiger partial charge in [0.05, 0.1) is 11.4 Å². The molecule has 1 aliphatic heterocycles. The smallest absolute Gasteiger partial charge is 0.343 e. The second-order valence-electron chi connectivity index (χ2n) is 7.02. The number of carbonyl (C=O) groups excluding carboxylic acids is 2. The van der Waals surface area contributed by atoms with Gasteiger partial charge in [0.25, 0.3) is 5.91 Å². The quantitative estimate of drug-likeness (QED) is 0.611. The number of para-hydroxylation sites is 2. The minimum atomic E-state index is -0.664. The lowest BCUT2D eigenvalue weighted by Gasteiger charge is -2.22. The fourth-order valence-corrected chi connectivity index (χ4v) is 4.04. The zero-order chi connectivity index (χ0) is 20.5. The summed E-state index contributed by atoms with van der Waals surface area (Å²) in [6.07, 6.45) is 0.782. The number of aryl methyl sites for hydroxylation is 1. The number of anilines is 1. The lowest BCUT2D eigenvalue weighted by atomic mass is 10.1. The van der Waals surface area contributed by atoms with Crippen LogP contribution in [-0.4, -0.2) is 34.3 Å². The number of benzene rings is 2. The standard InChI is InChI=1S/C22H20ClN3O3/c1-14-12-16-8-6-7-11-18(16)25(14)19(27)13-29-22(28)20-15(2)24-26(21(20)23)17-9-4-3-5-10-17/h3-11,14H,12-13H2,1-2H3/t14-/m1/s1. The molecule has 0 radical (unpaired) electrons. The second-order valence-corrected chi connectivity index (χ2v) is 7.38. The monoisotopic (exact) mass is 409 g/mol. The van der Waals surface area contributed by atoms with E-state index in [0.717, 1.165) is 23.4 Å². The van der Waals surface area contributed by atoms with Gasteiger partial charge in [0.15, 0.2) is 6.61 Å². The number of amides is 1. The molecule has 148 valence electrons. The fourth-order valence-electron chi connectivity index (χ4n) is 3.69. The van der Waals surface area contributed by atoms with E-state index in [9.17, 15) is 9.59 Å². The Kier molecular flexibility index (Phi) is 5.11. The van der Waals surface area contributed by atoms with Crippen molar-refractivity contribution in [1.82, 2.24) is 9.78 Å². The minimum Gasteiger partial charge on any atom is -0.452 e. The lowest BCUT2D eigenvalue weighted by Crippen LogP contribution is -2.38. The van der Waals surface area contributed by atoms with Gasteiger partial charge < -0.3 is 9.64 Å². The van der Waals surface area contributed by atoms with Crippen molar-refractivity contribution in [2.75, 3.05) is 11.5 Å². The van der Waals surface area contributed by atoms with E-state index in [1.54, 1.807) is 11.8 Å². The van der Waals surface area contributed by atoms with E-state index in [2.05, 4.69) is 5.10 Å². The molecule has 0 spiro atoms. The van der Waals surface area contributed by atoms with Crippen molar-refractivity contribution < 1.29 is 14.3 Å². The van der Waals surface area contributed by atoms with Gasteiger partial charge in [-0.25, -0.2) is 9.48 Å². The maximum Gasteiger partial charge on any atom is 0.343 e. The Hall–Kier alpha value is -3.12. The molecule has 0 aliphatic carbocycles. The molecule has 0 fully saturated rings. The zero-order valence-electron chi connectivity index (χ0n) is 16.1. The maximum atomic E-state index is 12.7. The summed E-state index contributed by atoms with van der Waals surface area (Å²) >= 11 is 6.40. The summed E-state index contributed by atoms with van der Waals surface area (Å²) in [5, 5.41) is 4.49. The van der Waals surface area contributed by atoms with E-state index in [-0.39, 0.29) is 29.3 Å². The van der Waals surface area contributed by atoms with Crippen molar-refractivity contribution in [2.45, 2.75) is 26.3 Å². The normalized spacial score (nSPS) is 15.3. The molecule has 6 nitrogen and oxygen atoms in total. The molecule has 0 bridgehead atoms. The number of fused-ring (bicyclic) bond motifs is 1. The van der Waals surface area contributed by atoms with E-state index in [1.807, 2.05) is 61.5 Å². The van der Waals surface area contributed by atoms with Crippen LogP contribution in [0.5, 0.6) is 0 Å². The van der Waals surface area contributed by atoms with Gasteiger partial charge in [0, 0.05) is 11.7 Å². The third-order valence-corrected chi connectivity index (χ3v) is 5.36. The van der Waals surface area contributed by atoms with Gasteiger partial charge in [-0.15, -0.1) is 0 Å². The van der Waals surface area contributed by atoms with Gasteiger partial charge in [-0.1, -0.05) is 48.0 Å². The molecule has 1 aromatic heterocycles. The molecule has 3 aromatic rings. The van der Waals surface area contributed by atoms with E-state index < -0.39 is 5.97 Å². The molecule has 2 aromatic carbocycles. The van der Waals surface area contributed by atoms with Crippen LogP contribution in [0.15, 0.2) is 54.6 Å². The largest absolute Gasteiger partial charge is 0.452 e. The van der Waals surface area contributed by atoms with E-state index >= 15 is 0 Å². The molecule has 2 heterocycles. The number of hydrogen-bond acceptors (Lipinski definition) is 4. The van der Waals surface area contributed by atoms with Gasteiger partial charge in [0.1, 0.15) is 10.7 Å². The Morgan fingerprint density at radius 2 is 1.83 bits per heavy atom. The average Bonchev–Trinajstić information content (AvgIpc) is 3.21. The molecule has 0 unspecified atom stereocenters. The molecule has 0 saturated heterocycles. The molecule has 1 aliphatic rings. The fraction of sp³-hybridized carbons (Fsp3) is 0.227. The van der Waals surface area contributed by atoms with Crippen molar-refractivity contribution in [2.24, 2.45) is 0 Å². The highest BCUT2D eigenvalue weighted by molar-refractivity contribution is 6.33. The van der Waals surface area contributed by atoms with Crippen molar-refractivity contribution in [3.8, 4) is 5.69 Å². The molecule has 1 amide bonds. The van der Waals surface area contributed by atoms with Crippen LogP contribution in [0.1, 0.15) is 28.5 Å². The van der Waals surface area contributed by atoms with Crippen LogP contribution in [0.3, 0.4) is 0 Å². The summed E-state index contributed by atoms with van der Waals surface area (Å²) in [5.74, 6) is -0.928. The summed E-state index contributed by atoms with van der Waals surface area (Å²) in [6, 6.07) is 17.0. The van der Waals surface area contributed by atoms with Crippen LogP contribution in [0.4, 0.5) is 5.69 Å². The van der Waals surface area contributed by atoms with Crippen LogP contribution in [0.2, 0.25) is 5.15 Å². The second kappa shape index (κ2) is 7.72. The SMILES string of the molecule is Cc1nn(-c2ccccc2)c(Cl)c1C(=O)OCC(=O)N1c2ccccc2C[C@H]1C. The van der Waals surface area contributed by atoms with Crippen molar-refractivity contribution >= 4 is 29.2 Å². The lowest BCUT2D eigenvalue weighted by molar-refractivity contribution is -0.122. The Labute approximate surface area is 173 Å². The molecule has 0 N–H and O–H groups in total. The Bertz CT molecular complexity index is 1080. The van der Waals surface area contributed by atoms with Crippen molar-refractivity contribution in [3.05, 3.63) is 76.6 Å². The first kappa shape index (κ1) is 19.2. The van der Waals surface area contributed by atoms with Gasteiger partial charge >= 0.3 is 5.97 Å². The molecule has 29 heavy (non-hydrogen) atoms. The topological polar surface area (TPSA) is 64.4 Å². The van der Waals surface area contributed by atoms with Crippen LogP contribution in [-0.2, 0) is 16.0 Å². The zero-order valence-corrected chi connectivity index (χ0v) is 16.9. The van der Waals surface area contributed by atoms with Gasteiger partial charge in [0.2, 0.25) is 0 Å². The first-order valence-corrected chi connectivity index (χ1v) is 9.72. The van der Waals surface area contributed by atoms with Gasteiger partial charge in [-0.2, -0.15) is 5.10 Å². The first-order chi connectivity index (χ1) is 14.0. The molecule has 7 heteroatoms. The van der Waals surface area contributed by atoms with Crippen LogP contribution in [0, 0.1) is 6.92 Å². The molecule has 1 atom stereocenters. The highest BCUT2D eigenvalue weighted by Crippen LogP contribution is 2.32. The number of ether oxygens (including phenoxy) is 1. The third-order valence-electron chi connectivity index (χ3n) is 5.01. The van der Waals surface area contributed by atoms with Crippen LogP contribution >= 0.6 is 11.6 Å². The highest BCUT2D eigenvalue weighted by Gasteiger charge is 2.31. The number of hydrogen-bond donors (Lipinski definition) is 0. The predicted octanol–water partition coefficient (Wildman–Crippen LogP) is 3.97.